The summed E-state index contributed by atoms with van der Waals surface area (Å²) in [6.45, 7) is 2.15. The molecule has 0 N–H and O–H groups in total. The van der Waals surface area contributed by atoms with E-state index in [1.54, 1.807) is 48.5 Å². The summed E-state index contributed by atoms with van der Waals surface area (Å²) in [6, 6.07) is 26.8. The standard InChI is InChI=1S/C29H28O7S2/c1-2-38(37)29-25(35-27(31)20-14-8-4-9-15-20)24(34-26(30)19-12-6-3-7-13-19)23-22(33-29)18-32-28(36-23)21-16-10-5-11-17-21/h3-17,22-25,28-29H,2,18H2,1H3/t22?,23-,24?,25?,28?,29+,38?/m0/s1. The maximum absolute atomic E-state index is 13.3. The molecule has 2 aliphatic rings. The summed E-state index contributed by atoms with van der Waals surface area (Å²) in [5, 5.41) is 0. The summed E-state index contributed by atoms with van der Waals surface area (Å²) in [6.07, 6.45) is -3.97. The first-order chi connectivity index (χ1) is 18.5. The second-order valence-electron chi connectivity index (χ2n) is 8.86. The minimum Gasteiger partial charge on any atom is -0.452 e. The van der Waals surface area contributed by atoms with Gasteiger partial charge in [0.05, 0.1) is 17.7 Å². The number of benzene rings is 3. The summed E-state index contributed by atoms with van der Waals surface area (Å²) in [5.41, 5.74) is 0.880. The highest BCUT2D eigenvalue weighted by molar-refractivity contribution is 8.29. The molecule has 7 nitrogen and oxygen atoms in total. The van der Waals surface area contributed by atoms with Crippen LogP contribution in [-0.2, 0) is 44.3 Å². The summed E-state index contributed by atoms with van der Waals surface area (Å²) < 4.78 is 30.9. The average molecular weight is 553 g/mol. The normalized spacial score (nSPS) is 27.5. The van der Waals surface area contributed by atoms with Crippen molar-refractivity contribution in [3.05, 3.63) is 108 Å². The molecule has 0 bridgehead atoms. The number of hydrogen-bond donors (Lipinski definition) is 0. The van der Waals surface area contributed by atoms with Gasteiger partial charge in [0.25, 0.3) is 0 Å². The first-order valence-corrected chi connectivity index (χ1v) is 14.8. The van der Waals surface area contributed by atoms with Crippen molar-refractivity contribution in [1.29, 1.82) is 0 Å². The van der Waals surface area contributed by atoms with E-state index in [1.165, 1.54) is 0 Å². The van der Waals surface area contributed by atoms with Gasteiger partial charge in [0.2, 0.25) is 0 Å². The van der Waals surface area contributed by atoms with E-state index in [0.717, 1.165) is 5.56 Å². The highest BCUT2D eigenvalue weighted by atomic mass is 32.8. The van der Waals surface area contributed by atoms with Crippen molar-refractivity contribution in [2.24, 2.45) is 0 Å². The Morgan fingerprint density at radius 2 is 1.34 bits per heavy atom. The number of esters is 2. The molecule has 2 heterocycles. The maximum Gasteiger partial charge on any atom is 0.338 e. The summed E-state index contributed by atoms with van der Waals surface area (Å²) in [5.74, 6) is -0.495. The minimum absolute atomic E-state index is 0.204. The topological polar surface area (TPSA) is 80.3 Å². The summed E-state index contributed by atoms with van der Waals surface area (Å²) in [7, 11) is -0.725. The Kier molecular flexibility index (Phi) is 8.61. The largest absolute Gasteiger partial charge is 0.452 e. The smallest absolute Gasteiger partial charge is 0.338 e. The Morgan fingerprint density at radius 1 is 0.816 bits per heavy atom. The van der Waals surface area contributed by atoms with Crippen LogP contribution < -0.4 is 0 Å². The molecule has 0 amide bonds. The van der Waals surface area contributed by atoms with Crippen LogP contribution in [0.3, 0.4) is 0 Å². The number of hydrogen-bond acceptors (Lipinski definition) is 8. The van der Waals surface area contributed by atoms with Crippen LogP contribution in [0.15, 0.2) is 91.0 Å². The first-order valence-electron chi connectivity index (χ1n) is 12.4. The fourth-order valence-corrected chi connectivity index (χ4v) is 6.06. The van der Waals surface area contributed by atoms with Crippen molar-refractivity contribution >= 4 is 32.6 Å². The molecular formula is C29H28O7S2. The van der Waals surface area contributed by atoms with Crippen LogP contribution in [0.2, 0.25) is 0 Å². The highest BCUT2D eigenvalue weighted by Gasteiger charge is 2.54. The van der Waals surface area contributed by atoms with E-state index in [2.05, 4.69) is 0 Å². The van der Waals surface area contributed by atoms with Crippen molar-refractivity contribution in [3.63, 3.8) is 0 Å². The fraction of sp³-hybridized carbons (Fsp3) is 0.310. The zero-order valence-electron chi connectivity index (χ0n) is 20.7. The van der Waals surface area contributed by atoms with Crippen LogP contribution in [0.25, 0.3) is 0 Å². The van der Waals surface area contributed by atoms with E-state index in [0.29, 0.717) is 16.9 Å². The van der Waals surface area contributed by atoms with E-state index < -0.39 is 57.5 Å². The maximum atomic E-state index is 13.3. The van der Waals surface area contributed by atoms with Crippen LogP contribution >= 0.6 is 0 Å². The molecule has 0 aromatic heterocycles. The molecule has 0 spiro atoms. The van der Waals surface area contributed by atoms with Gasteiger partial charge < -0.3 is 23.7 Å². The molecule has 0 saturated carbocycles. The molecule has 2 aliphatic heterocycles. The average Bonchev–Trinajstić information content (AvgIpc) is 2.98. The Hall–Kier alpha value is -2.95. The zero-order valence-corrected chi connectivity index (χ0v) is 22.3. The molecule has 0 aliphatic carbocycles. The monoisotopic (exact) mass is 552 g/mol. The first kappa shape index (κ1) is 26.6. The van der Waals surface area contributed by atoms with Crippen molar-refractivity contribution in [2.75, 3.05) is 12.4 Å². The van der Waals surface area contributed by atoms with Gasteiger partial charge in [-0.25, -0.2) is 9.59 Å². The van der Waals surface area contributed by atoms with Gasteiger partial charge in [0.1, 0.15) is 17.6 Å². The van der Waals surface area contributed by atoms with Crippen molar-refractivity contribution in [1.82, 2.24) is 0 Å². The lowest BCUT2D eigenvalue weighted by Gasteiger charge is -2.48. The molecule has 5 unspecified atom stereocenters. The molecule has 5 rings (SSSR count). The van der Waals surface area contributed by atoms with Gasteiger partial charge in [-0.05, 0) is 41.2 Å². The van der Waals surface area contributed by atoms with E-state index in [9.17, 15) is 9.59 Å². The Labute approximate surface area is 228 Å². The second kappa shape index (κ2) is 12.3. The lowest BCUT2D eigenvalue weighted by molar-refractivity contribution is -0.317. The molecule has 7 atom stereocenters. The predicted octanol–water partition coefficient (Wildman–Crippen LogP) is 4.38. The van der Waals surface area contributed by atoms with Gasteiger partial charge in [-0.3, -0.25) is 0 Å². The van der Waals surface area contributed by atoms with E-state index in [4.69, 9.17) is 34.9 Å². The van der Waals surface area contributed by atoms with Gasteiger partial charge >= 0.3 is 11.9 Å². The van der Waals surface area contributed by atoms with Crippen molar-refractivity contribution in [3.8, 4) is 0 Å². The van der Waals surface area contributed by atoms with Gasteiger partial charge in [0, 0.05) is 5.56 Å². The molecule has 198 valence electrons. The minimum atomic E-state index is -0.980. The second-order valence-corrected chi connectivity index (χ2v) is 11.9. The van der Waals surface area contributed by atoms with E-state index >= 15 is 0 Å². The molecule has 0 radical (unpaired) electrons. The Bertz CT molecular complexity index is 1260. The molecule has 38 heavy (non-hydrogen) atoms. The van der Waals surface area contributed by atoms with Gasteiger partial charge in [-0.15, -0.1) is 0 Å². The number of rotatable bonds is 7. The number of carbonyl (C=O) groups excluding carboxylic acids is 2. The predicted molar refractivity (Wildman–Crippen MR) is 145 cm³/mol. The third-order valence-electron chi connectivity index (χ3n) is 6.40. The van der Waals surface area contributed by atoms with Crippen LogP contribution in [-0.4, -0.2) is 54.2 Å². The lowest BCUT2D eigenvalue weighted by atomic mass is 9.98. The van der Waals surface area contributed by atoms with Gasteiger partial charge in [0.15, 0.2) is 18.5 Å². The van der Waals surface area contributed by atoms with Crippen molar-refractivity contribution in [2.45, 2.75) is 43.1 Å². The lowest BCUT2D eigenvalue weighted by Crippen LogP contribution is -2.64. The molecule has 9 heteroatoms. The highest BCUT2D eigenvalue weighted by Crippen LogP contribution is 2.38. The Morgan fingerprint density at radius 3 is 1.89 bits per heavy atom. The van der Waals surface area contributed by atoms with Crippen LogP contribution in [0, 0.1) is 0 Å². The van der Waals surface area contributed by atoms with Gasteiger partial charge in [-0.1, -0.05) is 83.1 Å². The van der Waals surface area contributed by atoms with Crippen LogP contribution in [0.1, 0.15) is 39.5 Å². The van der Waals surface area contributed by atoms with E-state index in [-0.39, 0.29) is 6.61 Å². The van der Waals surface area contributed by atoms with Crippen LogP contribution in [0.4, 0.5) is 0 Å². The van der Waals surface area contributed by atoms with E-state index in [1.807, 2.05) is 49.4 Å². The van der Waals surface area contributed by atoms with Crippen LogP contribution in [0.5, 0.6) is 0 Å². The SMILES string of the molecule is CCS(=S)[C@H]1OC2COC(c3ccccc3)O[C@@H]2C(OC(=O)c2ccccc2)C1OC(=O)c1ccccc1. The summed E-state index contributed by atoms with van der Waals surface area (Å²) >= 11 is 5.75. The zero-order chi connectivity index (χ0) is 26.5. The number of ether oxygens (including phenoxy) is 5. The van der Waals surface area contributed by atoms with Gasteiger partial charge in [-0.2, -0.15) is 0 Å². The molecule has 2 fully saturated rings. The molecule has 3 aromatic rings. The quantitative estimate of drug-likeness (QED) is 0.400. The number of carbonyl (C=O) groups is 2. The van der Waals surface area contributed by atoms with Crippen molar-refractivity contribution < 1.29 is 33.3 Å². The fourth-order valence-electron chi connectivity index (χ4n) is 4.49. The summed E-state index contributed by atoms with van der Waals surface area (Å²) in [4.78, 5) is 26.5. The Balaban J connectivity index is 1.50. The molecule has 2 saturated heterocycles. The molecule has 3 aromatic carbocycles. The third-order valence-corrected chi connectivity index (χ3v) is 9.15. The molecular weight excluding hydrogens is 524 g/mol. The number of fused-ring (bicyclic) bond motifs is 1. The third kappa shape index (κ3) is 5.87.